The highest BCUT2D eigenvalue weighted by Crippen LogP contribution is 2.21. The van der Waals surface area contributed by atoms with E-state index in [-0.39, 0.29) is 23.5 Å². The van der Waals surface area contributed by atoms with E-state index >= 15 is 0 Å². The molecule has 0 saturated carbocycles. The Morgan fingerprint density at radius 3 is 2.62 bits per heavy atom. The van der Waals surface area contributed by atoms with Crippen molar-refractivity contribution in [1.29, 1.82) is 5.26 Å². The van der Waals surface area contributed by atoms with Gasteiger partial charge < -0.3 is 11.1 Å². The lowest BCUT2D eigenvalue weighted by Crippen LogP contribution is -2.40. The van der Waals surface area contributed by atoms with E-state index in [0.29, 0.717) is 12.2 Å². The Bertz CT molecular complexity index is 664. The number of anilines is 1. The monoisotopic (exact) mass is 310 g/mol. The Morgan fingerprint density at radius 2 is 2.10 bits per heavy atom. The van der Waals surface area contributed by atoms with E-state index in [1.165, 1.54) is 18.2 Å². The van der Waals surface area contributed by atoms with E-state index in [9.17, 15) is 13.2 Å². The second-order valence-electron chi connectivity index (χ2n) is 4.25. The number of nitrogens with zero attached hydrogens (tertiary/aromatic N) is 2. The van der Waals surface area contributed by atoms with Gasteiger partial charge in [-0.25, -0.2) is 8.42 Å². The molecule has 1 aromatic rings. The Balaban J connectivity index is 3.20. The maximum absolute atomic E-state index is 12.5. The van der Waals surface area contributed by atoms with Crippen LogP contribution in [-0.4, -0.2) is 38.3 Å². The molecule has 0 aliphatic heterocycles. The van der Waals surface area contributed by atoms with Crippen molar-refractivity contribution in [1.82, 2.24) is 9.62 Å². The van der Waals surface area contributed by atoms with Gasteiger partial charge in [-0.1, -0.05) is 6.92 Å². The number of benzene rings is 1. The second-order valence-corrected chi connectivity index (χ2v) is 6.16. The fraction of sp³-hybridized carbons (Fsp3) is 0.385. The highest BCUT2D eigenvalue weighted by molar-refractivity contribution is 7.89. The van der Waals surface area contributed by atoms with Crippen molar-refractivity contribution in [3.63, 3.8) is 0 Å². The molecule has 8 heteroatoms. The summed E-state index contributed by atoms with van der Waals surface area (Å²) in [6.07, 6.45) is 0. The summed E-state index contributed by atoms with van der Waals surface area (Å²) in [5.41, 5.74) is 5.82. The summed E-state index contributed by atoms with van der Waals surface area (Å²) in [5.74, 6) is -0.392. The minimum Gasteiger partial charge on any atom is -0.399 e. The molecule has 114 valence electrons. The molecule has 0 bridgehead atoms. The average molecular weight is 310 g/mol. The van der Waals surface area contributed by atoms with Crippen molar-refractivity contribution in [3.8, 4) is 6.07 Å². The minimum atomic E-state index is -3.93. The van der Waals surface area contributed by atoms with E-state index in [0.717, 1.165) is 4.31 Å². The highest BCUT2D eigenvalue weighted by Gasteiger charge is 2.27. The molecular weight excluding hydrogens is 292 g/mol. The number of likely N-dealkylation sites (N-methyl/N-ethyl adjacent to an activating group) is 2. The van der Waals surface area contributed by atoms with Crippen LogP contribution in [0.15, 0.2) is 23.1 Å². The van der Waals surface area contributed by atoms with Crippen molar-refractivity contribution in [3.05, 3.63) is 23.8 Å². The summed E-state index contributed by atoms with van der Waals surface area (Å²) in [6, 6.07) is 5.80. The quantitative estimate of drug-likeness (QED) is 0.732. The van der Waals surface area contributed by atoms with Crippen LogP contribution in [-0.2, 0) is 14.8 Å². The number of amides is 1. The summed E-state index contributed by atoms with van der Waals surface area (Å²) < 4.78 is 26.1. The summed E-state index contributed by atoms with van der Waals surface area (Å²) >= 11 is 0. The molecule has 7 nitrogen and oxygen atoms in total. The molecule has 0 aliphatic rings. The zero-order valence-electron chi connectivity index (χ0n) is 12.0. The molecule has 0 atom stereocenters. The number of nitrogens with one attached hydrogen (secondary N) is 1. The van der Waals surface area contributed by atoms with Gasteiger partial charge >= 0.3 is 0 Å². The number of nitriles is 1. The summed E-state index contributed by atoms with van der Waals surface area (Å²) in [4.78, 5) is 11.4. The molecule has 1 aromatic carbocycles. The molecule has 0 unspecified atom stereocenters. The van der Waals surface area contributed by atoms with E-state index in [1.807, 2.05) is 6.07 Å². The highest BCUT2D eigenvalue weighted by atomic mass is 32.2. The lowest BCUT2D eigenvalue weighted by molar-refractivity contribution is -0.121. The Labute approximate surface area is 124 Å². The number of carbonyl (C=O) groups is 1. The first-order valence-electron chi connectivity index (χ1n) is 6.43. The number of rotatable bonds is 6. The van der Waals surface area contributed by atoms with Crippen molar-refractivity contribution in [2.75, 3.05) is 25.4 Å². The van der Waals surface area contributed by atoms with E-state index in [4.69, 9.17) is 11.0 Å². The standard InChI is InChI=1S/C13H18N4O3S/c1-3-16-13(18)9-17(4-2)21(19,20)12-6-5-11(15)7-10(12)8-14/h5-7H,3-4,9,15H2,1-2H3,(H,16,18). The summed E-state index contributed by atoms with van der Waals surface area (Å²) in [5, 5.41) is 11.6. The molecule has 0 aromatic heterocycles. The number of hydrogen-bond donors (Lipinski definition) is 2. The third-order valence-corrected chi connectivity index (χ3v) is 4.77. The zero-order valence-corrected chi connectivity index (χ0v) is 12.8. The third kappa shape index (κ3) is 3.93. The van der Waals surface area contributed by atoms with Crippen LogP contribution in [0.3, 0.4) is 0 Å². The lowest BCUT2D eigenvalue weighted by Gasteiger charge is -2.20. The van der Waals surface area contributed by atoms with Gasteiger partial charge in [-0.05, 0) is 25.1 Å². The van der Waals surface area contributed by atoms with Crippen molar-refractivity contribution < 1.29 is 13.2 Å². The molecule has 1 amide bonds. The van der Waals surface area contributed by atoms with Gasteiger partial charge in [-0.3, -0.25) is 4.79 Å². The molecule has 0 fully saturated rings. The van der Waals surface area contributed by atoms with Gasteiger partial charge in [0.05, 0.1) is 12.1 Å². The fourth-order valence-electron chi connectivity index (χ4n) is 1.78. The first-order valence-corrected chi connectivity index (χ1v) is 7.87. The molecule has 3 N–H and O–H groups in total. The molecule has 0 saturated heterocycles. The van der Waals surface area contributed by atoms with Crippen LogP contribution < -0.4 is 11.1 Å². The van der Waals surface area contributed by atoms with Gasteiger partial charge in [0.25, 0.3) is 0 Å². The van der Waals surface area contributed by atoms with Gasteiger partial charge in [-0.2, -0.15) is 9.57 Å². The predicted octanol–water partition coefficient (Wildman–Crippen LogP) is 0.287. The van der Waals surface area contributed by atoms with Crippen molar-refractivity contribution in [2.24, 2.45) is 0 Å². The van der Waals surface area contributed by atoms with Gasteiger partial charge in [0.15, 0.2) is 0 Å². The maximum atomic E-state index is 12.5. The van der Waals surface area contributed by atoms with Crippen molar-refractivity contribution in [2.45, 2.75) is 18.7 Å². The molecule has 0 aliphatic carbocycles. The first-order chi connectivity index (χ1) is 9.86. The van der Waals surface area contributed by atoms with Crippen LogP contribution in [0.4, 0.5) is 5.69 Å². The smallest absolute Gasteiger partial charge is 0.244 e. The topological polar surface area (TPSA) is 116 Å². The van der Waals surface area contributed by atoms with Crippen LogP contribution >= 0.6 is 0 Å². The lowest BCUT2D eigenvalue weighted by atomic mass is 10.2. The summed E-state index contributed by atoms with van der Waals surface area (Å²) in [7, 11) is -3.93. The number of nitrogen functional groups attached to an aromatic ring is 1. The van der Waals surface area contributed by atoms with Gasteiger partial charge in [-0.15, -0.1) is 0 Å². The normalized spacial score (nSPS) is 11.1. The molecular formula is C13H18N4O3S. The fourth-order valence-corrected chi connectivity index (χ4v) is 3.31. The van der Waals surface area contributed by atoms with Gasteiger partial charge in [0, 0.05) is 18.8 Å². The van der Waals surface area contributed by atoms with Crippen LogP contribution in [0.5, 0.6) is 0 Å². The molecule has 0 radical (unpaired) electrons. The van der Waals surface area contributed by atoms with Crippen LogP contribution in [0, 0.1) is 11.3 Å². The first kappa shape index (κ1) is 16.9. The number of hydrogen-bond acceptors (Lipinski definition) is 5. The SMILES string of the molecule is CCNC(=O)CN(CC)S(=O)(=O)c1ccc(N)cc1C#N. The van der Waals surface area contributed by atoms with Crippen LogP contribution in [0.1, 0.15) is 19.4 Å². The Morgan fingerprint density at radius 1 is 1.43 bits per heavy atom. The molecule has 0 spiro atoms. The molecule has 21 heavy (non-hydrogen) atoms. The second kappa shape index (κ2) is 7.06. The summed E-state index contributed by atoms with van der Waals surface area (Å²) in [6.45, 7) is 3.62. The van der Waals surface area contributed by atoms with Crippen molar-refractivity contribution >= 4 is 21.6 Å². The maximum Gasteiger partial charge on any atom is 0.244 e. The van der Waals surface area contributed by atoms with E-state index in [2.05, 4.69) is 5.32 Å². The molecule has 1 rings (SSSR count). The van der Waals surface area contributed by atoms with E-state index < -0.39 is 15.9 Å². The molecule has 0 heterocycles. The Kier molecular flexibility index (Phi) is 5.69. The minimum absolute atomic E-state index is 0.0376. The average Bonchev–Trinajstić information content (AvgIpc) is 2.44. The Hall–Kier alpha value is -2.11. The largest absolute Gasteiger partial charge is 0.399 e. The van der Waals surface area contributed by atoms with E-state index in [1.54, 1.807) is 13.8 Å². The van der Waals surface area contributed by atoms with Gasteiger partial charge in [0.2, 0.25) is 15.9 Å². The number of carbonyl (C=O) groups excluding carboxylic acids is 1. The number of sulfonamides is 1. The number of nitrogens with two attached hydrogens (primary N) is 1. The zero-order chi connectivity index (χ0) is 16.0. The van der Waals surface area contributed by atoms with Crippen LogP contribution in [0.25, 0.3) is 0 Å². The van der Waals surface area contributed by atoms with Crippen LogP contribution in [0.2, 0.25) is 0 Å². The third-order valence-electron chi connectivity index (χ3n) is 2.79. The van der Waals surface area contributed by atoms with Gasteiger partial charge in [0.1, 0.15) is 11.0 Å². The predicted molar refractivity (Wildman–Crippen MR) is 78.7 cm³/mol.